The Morgan fingerprint density at radius 3 is 2.64 bits per heavy atom. The van der Waals surface area contributed by atoms with Crippen LogP contribution in [0.1, 0.15) is 53.6 Å². The quantitative estimate of drug-likeness (QED) is 0.332. The highest BCUT2D eigenvalue weighted by molar-refractivity contribution is 7.15. The molecule has 1 aliphatic heterocycles. The summed E-state index contributed by atoms with van der Waals surface area (Å²) in [6.45, 7) is 9.69. The minimum atomic E-state index is -0.517. The Labute approximate surface area is 203 Å². The Hall–Kier alpha value is -2.70. The summed E-state index contributed by atoms with van der Waals surface area (Å²) < 4.78 is 2.23. The van der Waals surface area contributed by atoms with E-state index >= 15 is 0 Å². The Morgan fingerprint density at radius 1 is 1.15 bits per heavy atom. The van der Waals surface area contributed by atoms with Crippen LogP contribution in [0.5, 0.6) is 0 Å². The molecule has 1 unspecified atom stereocenters. The van der Waals surface area contributed by atoms with Gasteiger partial charge in [0.25, 0.3) is 5.91 Å². The molecule has 0 bridgehead atoms. The van der Waals surface area contributed by atoms with E-state index in [4.69, 9.17) is 16.6 Å². The number of thiazole rings is 1. The monoisotopic (exact) mass is 478 g/mol. The Balaban J connectivity index is 1.62. The van der Waals surface area contributed by atoms with E-state index in [1.165, 1.54) is 0 Å². The second-order valence-electron chi connectivity index (χ2n) is 8.83. The van der Waals surface area contributed by atoms with Crippen molar-refractivity contribution in [2.75, 3.05) is 6.54 Å². The lowest BCUT2D eigenvalue weighted by molar-refractivity contribution is 0.0594. The molecule has 1 fully saturated rings. The second kappa shape index (κ2) is 8.26. The molecule has 33 heavy (non-hydrogen) atoms. The molecule has 170 valence electrons. The van der Waals surface area contributed by atoms with Crippen molar-refractivity contribution in [3.8, 4) is 10.4 Å². The average Bonchev–Trinajstić information content (AvgIpc) is 3.51. The molecular formula is C26H27ClN4OS. The summed E-state index contributed by atoms with van der Waals surface area (Å²) in [6.07, 6.45) is 1.79. The van der Waals surface area contributed by atoms with Crippen LogP contribution in [0.2, 0.25) is 5.02 Å². The van der Waals surface area contributed by atoms with Gasteiger partial charge in [-0.3, -0.25) is 4.79 Å². The Kier molecular flexibility index (Phi) is 5.53. The van der Waals surface area contributed by atoms with Gasteiger partial charge in [0.2, 0.25) is 0 Å². The number of carbonyl (C=O) groups excluding carboxylic acids is 1. The maximum absolute atomic E-state index is 14.0. The van der Waals surface area contributed by atoms with Gasteiger partial charge < -0.3 is 9.47 Å². The molecule has 0 aliphatic carbocycles. The summed E-state index contributed by atoms with van der Waals surface area (Å²) >= 11 is 7.97. The fourth-order valence-corrected chi connectivity index (χ4v) is 6.11. The van der Waals surface area contributed by atoms with Gasteiger partial charge in [-0.25, -0.2) is 9.97 Å². The number of benzene rings is 2. The van der Waals surface area contributed by atoms with Crippen LogP contribution in [0.3, 0.4) is 0 Å². The van der Waals surface area contributed by atoms with Crippen molar-refractivity contribution in [1.82, 2.24) is 19.4 Å². The molecule has 1 amide bonds. The maximum Gasteiger partial charge on any atom is 0.274 e. The smallest absolute Gasteiger partial charge is 0.274 e. The van der Waals surface area contributed by atoms with E-state index in [0.717, 1.165) is 57.3 Å². The molecule has 3 heterocycles. The number of likely N-dealkylation sites (tertiary alicyclic amines) is 1. The van der Waals surface area contributed by atoms with E-state index in [-0.39, 0.29) is 5.91 Å². The van der Waals surface area contributed by atoms with Crippen LogP contribution in [-0.4, -0.2) is 31.9 Å². The summed E-state index contributed by atoms with van der Waals surface area (Å²) in [5.41, 5.74) is 3.99. The predicted molar refractivity (Wildman–Crippen MR) is 135 cm³/mol. The van der Waals surface area contributed by atoms with Gasteiger partial charge in [-0.2, -0.15) is 0 Å². The van der Waals surface area contributed by atoms with Crippen molar-refractivity contribution in [3.05, 3.63) is 69.6 Å². The highest BCUT2D eigenvalue weighted by atomic mass is 35.5. The number of aryl methyl sites for hydroxylation is 3. The first-order valence-corrected chi connectivity index (χ1v) is 12.5. The second-order valence-corrected chi connectivity index (χ2v) is 10.4. The van der Waals surface area contributed by atoms with Gasteiger partial charge in [0, 0.05) is 18.1 Å². The Bertz CT molecular complexity index is 1360. The average molecular weight is 479 g/mol. The summed E-state index contributed by atoms with van der Waals surface area (Å²) in [7, 11) is 0. The summed E-state index contributed by atoms with van der Waals surface area (Å²) in [5.74, 6) is 0.895. The molecular weight excluding hydrogens is 452 g/mol. The van der Waals surface area contributed by atoms with Crippen LogP contribution in [-0.2, 0) is 12.1 Å². The molecule has 2 aromatic carbocycles. The van der Waals surface area contributed by atoms with Crippen molar-refractivity contribution < 1.29 is 4.79 Å². The van der Waals surface area contributed by atoms with Crippen molar-refractivity contribution in [2.24, 2.45) is 0 Å². The molecule has 1 aliphatic rings. The Morgan fingerprint density at radius 2 is 1.91 bits per heavy atom. The number of aromatic nitrogens is 3. The molecule has 1 saturated heterocycles. The number of imidazole rings is 1. The van der Waals surface area contributed by atoms with Gasteiger partial charge in [0.15, 0.2) is 0 Å². The number of nitrogens with zero attached hydrogens (tertiary/aromatic N) is 4. The van der Waals surface area contributed by atoms with Crippen molar-refractivity contribution in [3.63, 3.8) is 0 Å². The van der Waals surface area contributed by atoms with Crippen LogP contribution in [0.4, 0.5) is 0 Å². The van der Waals surface area contributed by atoms with Crippen molar-refractivity contribution >= 4 is 39.9 Å². The first-order valence-electron chi connectivity index (χ1n) is 11.4. The van der Waals surface area contributed by atoms with E-state index in [1.807, 2.05) is 61.2 Å². The minimum absolute atomic E-state index is 0.0253. The third-order valence-corrected chi connectivity index (χ3v) is 8.19. The van der Waals surface area contributed by atoms with Crippen LogP contribution in [0, 0.1) is 13.8 Å². The SMILES string of the molecule is CCn1c(C2(C)CCCN2C(=O)c2nc(C)sc2-c2ccccc2)nc2c(C)c(Cl)ccc21. The number of halogens is 1. The third kappa shape index (κ3) is 3.47. The number of rotatable bonds is 4. The molecule has 1 atom stereocenters. The zero-order valence-corrected chi connectivity index (χ0v) is 20.9. The van der Waals surface area contributed by atoms with E-state index in [0.29, 0.717) is 17.3 Å². The first kappa shape index (κ1) is 22.1. The lowest BCUT2D eigenvalue weighted by Gasteiger charge is -2.35. The fourth-order valence-electron chi connectivity index (χ4n) is 5.04. The topological polar surface area (TPSA) is 51.0 Å². The molecule has 4 aromatic rings. The van der Waals surface area contributed by atoms with Crippen molar-refractivity contribution in [1.29, 1.82) is 0 Å². The first-order chi connectivity index (χ1) is 15.8. The molecule has 5 rings (SSSR count). The molecule has 0 N–H and O–H groups in total. The molecule has 0 saturated carbocycles. The highest BCUT2D eigenvalue weighted by Gasteiger charge is 2.46. The number of carbonyl (C=O) groups is 1. The molecule has 7 heteroatoms. The highest BCUT2D eigenvalue weighted by Crippen LogP contribution is 2.42. The van der Waals surface area contributed by atoms with E-state index < -0.39 is 5.54 Å². The van der Waals surface area contributed by atoms with Crippen LogP contribution in [0.25, 0.3) is 21.5 Å². The van der Waals surface area contributed by atoms with Crippen LogP contribution >= 0.6 is 22.9 Å². The molecule has 5 nitrogen and oxygen atoms in total. The van der Waals surface area contributed by atoms with Gasteiger partial charge in [-0.15, -0.1) is 11.3 Å². The summed E-state index contributed by atoms with van der Waals surface area (Å²) in [6, 6.07) is 14.0. The van der Waals surface area contributed by atoms with Gasteiger partial charge in [0.05, 0.1) is 26.5 Å². The van der Waals surface area contributed by atoms with Gasteiger partial charge in [-0.05, 0) is 63.8 Å². The zero-order chi connectivity index (χ0) is 23.3. The maximum atomic E-state index is 14.0. The van der Waals surface area contributed by atoms with Gasteiger partial charge in [-0.1, -0.05) is 41.9 Å². The minimum Gasteiger partial charge on any atom is -0.326 e. The normalized spacial score (nSPS) is 18.4. The molecule has 0 radical (unpaired) electrons. The lowest BCUT2D eigenvalue weighted by atomic mass is 9.97. The number of amides is 1. The zero-order valence-electron chi connectivity index (χ0n) is 19.4. The number of hydrogen-bond acceptors (Lipinski definition) is 4. The fraction of sp³-hybridized carbons (Fsp3) is 0.346. The van der Waals surface area contributed by atoms with E-state index in [1.54, 1.807) is 11.3 Å². The predicted octanol–water partition coefficient (Wildman–Crippen LogP) is 6.60. The summed E-state index contributed by atoms with van der Waals surface area (Å²) in [5, 5.41) is 1.61. The number of hydrogen-bond donors (Lipinski definition) is 0. The molecule has 2 aromatic heterocycles. The van der Waals surface area contributed by atoms with Gasteiger partial charge >= 0.3 is 0 Å². The third-order valence-electron chi connectivity index (χ3n) is 6.76. The van der Waals surface area contributed by atoms with Crippen molar-refractivity contribution in [2.45, 2.75) is 52.6 Å². The largest absolute Gasteiger partial charge is 0.326 e. The lowest BCUT2D eigenvalue weighted by Crippen LogP contribution is -2.45. The molecule has 0 spiro atoms. The van der Waals surface area contributed by atoms with E-state index in [9.17, 15) is 4.79 Å². The van der Waals surface area contributed by atoms with E-state index in [2.05, 4.69) is 23.4 Å². The van der Waals surface area contributed by atoms with Crippen LogP contribution < -0.4 is 0 Å². The van der Waals surface area contributed by atoms with Crippen LogP contribution in [0.15, 0.2) is 42.5 Å². The number of fused-ring (bicyclic) bond motifs is 1. The van der Waals surface area contributed by atoms with Gasteiger partial charge in [0.1, 0.15) is 11.5 Å². The summed E-state index contributed by atoms with van der Waals surface area (Å²) in [4.78, 5) is 26.7. The standard InChI is InChI=1S/C26H27ClN4OS/c1-5-30-20-13-12-19(27)16(2)21(20)29-25(30)26(4)14-9-15-31(26)24(32)22-23(33-17(3)28-22)18-10-7-6-8-11-18/h6-8,10-13H,5,9,14-15H2,1-4H3.